The van der Waals surface area contributed by atoms with Crippen LogP contribution in [0.3, 0.4) is 0 Å². The number of nitrogens with two attached hydrogens (primary N) is 1. The second-order valence-corrected chi connectivity index (χ2v) is 3.49. The number of benzene rings is 1. The van der Waals surface area contributed by atoms with Crippen molar-refractivity contribution in [2.45, 2.75) is 13.5 Å². The molecule has 1 rings (SSSR count). The van der Waals surface area contributed by atoms with Crippen LogP contribution < -0.4 is 10.5 Å². The Hall–Kier alpha value is -1.10. The smallest absolute Gasteiger partial charge is 0.122 e. The first-order valence-corrected chi connectivity index (χ1v) is 5.39. The molecule has 0 bridgehead atoms. The number of hydrogen-bond donors (Lipinski definition) is 2. The van der Waals surface area contributed by atoms with Crippen molar-refractivity contribution in [2.75, 3.05) is 26.4 Å². The van der Waals surface area contributed by atoms with Crippen molar-refractivity contribution >= 4 is 0 Å². The van der Waals surface area contributed by atoms with E-state index in [-0.39, 0.29) is 6.61 Å². The Balaban J connectivity index is 2.40. The Bertz CT molecular complexity index is 315. The number of aliphatic hydroxyl groups is 1. The van der Waals surface area contributed by atoms with Crippen LogP contribution in [0.15, 0.2) is 18.2 Å². The zero-order valence-electron chi connectivity index (χ0n) is 9.61. The van der Waals surface area contributed by atoms with Gasteiger partial charge in [-0.2, -0.15) is 0 Å². The molecule has 0 saturated heterocycles. The number of aryl methyl sites for hydroxylation is 1. The summed E-state index contributed by atoms with van der Waals surface area (Å²) in [5.41, 5.74) is 7.69. The molecule has 90 valence electrons. The molecule has 16 heavy (non-hydrogen) atoms. The van der Waals surface area contributed by atoms with Crippen LogP contribution in [-0.4, -0.2) is 31.5 Å². The van der Waals surface area contributed by atoms with E-state index in [1.54, 1.807) is 0 Å². The molecule has 1 aromatic rings. The van der Waals surface area contributed by atoms with Crippen LogP contribution in [-0.2, 0) is 11.3 Å². The SMILES string of the molecule is Cc1ccc(CN)cc1OCCOCCO. The fourth-order valence-corrected chi connectivity index (χ4v) is 1.30. The molecule has 0 saturated carbocycles. The summed E-state index contributed by atoms with van der Waals surface area (Å²) < 4.78 is 10.7. The average molecular weight is 225 g/mol. The molecule has 0 aliphatic carbocycles. The average Bonchev–Trinajstić information content (AvgIpc) is 2.31. The summed E-state index contributed by atoms with van der Waals surface area (Å²) >= 11 is 0. The first kappa shape index (κ1) is 13.0. The van der Waals surface area contributed by atoms with Gasteiger partial charge in [0.1, 0.15) is 12.4 Å². The Morgan fingerprint density at radius 3 is 2.75 bits per heavy atom. The fraction of sp³-hybridized carbons (Fsp3) is 0.500. The van der Waals surface area contributed by atoms with Gasteiger partial charge in [-0.1, -0.05) is 12.1 Å². The Morgan fingerprint density at radius 2 is 2.06 bits per heavy atom. The quantitative estimate of drug-likeness (QED) is 0.675. The molecule has 0 unspecified atom stereocenters. The second kappa shape index (κ2) is 7.22. The molecule has 0 heterocycles. The minimum atomic E-state index is 0.0433. The zero-order valence-corrected chi connectivity index (χ0v) is 9.61. The second-order valence-electron chi connectivity index (χ2n) is 3.49. The van der Waals surface area contributed by atoms with Crippen LogP contribution >= 0.6 is 0 Å². The van der Waals surface area contributed by atoms with E-state index >= 15 is 0 Å². The molecule has 0 atom stereocenters. The van der Waals surface area contributed by atoms with E-state index in [9.17, 15) is 0 Å². The van der Waals surface area contributed by atoms with Crippen molar-refractivity contribution < 1.29 is 14.6 Å². The third-order valence-corrected chi connectivity index (χ3v) is 2.21. The molecule has 1 aromatic carbocycles. The lowest BCUT2D eigenvalue weighted by molar-refractivity contribution is 0.0703. The van der Waals surface area contributed by atoms with Gasteiger partial charge in [0, 0.05) is 6.54 Å². The van der Waals surface area contributed by atoms with E-state index in [1.807, 2.05) is 25.1 Å². The van der Waals surface area contributed by atoms with Crippen molar-refractivity contribution in [3.63, 3.8) is 0 Å². The van der Waals surface area contributed by atoms with Crippen LogP contribution in [0.25, 0.3) is 0 Å². The van der Waals surface area contributed by atoms with Crippen LogP contribution in [0, 0.1) is 6.92 Å². The minimum absolute atomic E-state index is 0.0433. The zero-order chi connectivity index (χ0) is 11.8. The minimum Gasteiger partial charge on any atom is -0.491 e. The normalized spacial score (nSPS) is 10.4. The highest BCUT2D eigenvalue weighted by atomic mass is 16.5. The fourth-order valence-electron chi connectivity index (χ4n) is 1.30. The summed E-state index contributed by atoms with van der Waals surface area (Å²) in [7, 11) is 0. The van der Waals surface area contributed by atoms with E-state index in [1.165, 1.54) is 0 Å². The predicted molar refractivity (Wildman–Crippen MR) is 62.5 cm³/mol. The maximum atomic E-state index is 8.52. The predicted octanol–water partition coefficient (Wildman–Crippen LogP) is 0.841. The molecule has 0 aliphatic rings. The highest BCUT2D eigenvalue weighted by molar-refractivity contribution is 5.36. The molecule has 4 heteroatoms. The lowest BCUT2D eigenvalue weighted by Crippen LogP contribution is -2.10. The third-order valence-electron chi connectivity index (χ3n) is 2.21. The van der Waals surface area contributed by atoms with Crippen molar-refractivity contribution in [2.24, 2.45) is 5.73 Å². The van der Waals surface area contributed by atoms with Crippen LogP contribution in [0.5, 0.6) is 5.75 Å². The number of ether oxygens (including phenoxy) is 2. The maximum Gasteiger partial charge on any atom is 0.122 e. The van der Waals surface area contributed by atoms with Gasteiger partial charge in [-0.3, -0.25) is 0 Å². The molecule has 0 amide bonds. The van der Waals surface area contributed by atoms with Crippen LogP contribution in [0.1, 0.15) is 11.1 Å². The van der Waals surface area contributed by atoms with Gasteiger partial charge in [0.25, 0.3) is 0 Å². The summed E-state index contributed by atoms with van der Waals surface area (Å²) in [5, 5.41) is 8.52. The van der Waals surface area contributed by atoms with Gasteiger partial charge in [-0.25, -0.2) is 0 Å². The number of aliphatic hydroxyl groups excluding tert-OH is 1. The van der Waals surface area contributed by atoms with Crippen molar-refractivity contribution in [3.05, 3.63) is 29.3 Å². The summed E-state index contributed by atoms with van der Waals surface area (Å²) in [4.78, 5) is 0. The molecule has 4 nitrogen and oxygen atoms in total. The molecule has 0 spiro atoms. The first-order valence-electron chi connectivity index (χ1n) is 5.39. The lowest BCUT2D eigenvalue weighted by Gasteiger charge is -2.10. The topological polar surface area (TPSA) is 64.7 Å². The van der Waals surface area contributed by atoms with Crippen molar-refractivity contribution in [1.82, 2.24) is 0 Å². The molecule has 3 N–H and O–H groups in total. The maximum absolute atomic E-state index is 8.52. The van der Waals surface area contributed by atoms with Gasteiger partial charge in [-0.05, 0) is 24.1 Å². The number of hydrogen-bond acceptors (Lipinski definition) is 4. The van der Waals surface area contributed by atoms with Crippen LogP contribution in [0.2, 0.25) is 0 Å². The van der Waals surface area contributed by atoms with Crippen molar-refractivity contribution in [3.8, 4) is 5.75 Å². The Kier molecular flexibility index (Phi) is 5.85. The Morgan fingerprint density at radius 1 is 1.25 bits per heavy atom. The lowest BCUT2D eigenvalue weighted by atomic mass is 10.1. The number of rotatable bonds is 7. The molecule has 0 radical (unpaired) electrons. The molecular weight excluding hydrogens is 206 g/mol. The summed E-state index contributed by atoms with van der Waals surface area (Å²) in [6.45, 7) is 3.86. The van der Waals surface area contributed by atoms with Crippen molar-refractivity contribution in [1.29, 1.82) is 0 Å². The van der Waals surface area contributed by atoms with Gasteiger partial charge in [0.15, 0.2) is 0 Å². The monoisotopic (exact) mass is 225 g/mol. The molecular formula is C12H19NO3. The third kappa shape index (κ3) is 4.18. The largest absolute Gasteiger partial charge is 0.491 e. The molecule has 0 aromatic heterocycles. The Labute approximate surface area is 96.0 Å². The van der Waals surface area contributed by atoms with Gasteiger partial charge in [0.2, 0.25) is 0 Å². The van der Waals surface area contributed by atoms with Gasteiger partial charge >= 0.3 is 0 Å². The van der Waals surface area contributed by atoms with E-state index in [0.717, 1.165) is 16.9 Å². The van der Waals surface area contributed by atoms with E-state index in [4.69, 9.17) is 20.3 Å². The summed E-state index contributed by atoms with van der Waals surface area (Å²) in [6, 6.07) is 5.93. The van der Waals surface area contributed by atoms with Gasteiger partial charge in [0.05, 0.1) is 19.8 Å². The standard InChI is InChI=1S/C12H19NO3/c1-10-2-3-11(9-13)8-12(10)16-7-6-15-5-4-14/h2-3,8,14H,4-7,9,13H2,1H3. The van der Waals surface area contributed by atoms with E-state index in [0.29, 0.717) is 26.4 Å². The van der Waals surface area contributed by atoms with E-state index in [2.05, 4.69) is 0 Å². The van der Waals surface area contributed by atoms with E-state index < -0.39 is 0 Å². The van der Waals surface area contributed by atoms with Crippen LogP contribution in [0.4, 0.5) is 0 Å². The highest BCUT2D eigenvalue weighted by Crippen LogP contribution is 2.19. The summed E-state index contributed by atoms with van der Waals surface area (Å²) in [5.74, 6) is 0.843. The first-order chi connectivity index (χ1) is 7.77. The van der Waals surface area contributed by atoms with Gasteiger partial charge < -0.3 is 20.3 Å². The molecule has 0 aliphatic heterocycles. The highest BCUT2D eigenvalue weighted by Gasteiger charge is 2.00. The molecule has 0 fully saturated rings. The van der Waals surface area contributed by atoms with Gasteiger partial charge in [-0.15, -0.1) is 0 Å². The summed E-state index contributed by atoms with van der Waals surface area (Å²) in [6.07, 6.45) is 0.